The predicted molar refractivity (Wildman–Crippen MR) is 73.8 cm³/mol. The van der Waals surface area contributed by atoms with Crippen LogP contribution in [0.3, 0.4) is 0 Å². The van der Waals surface area contributed by atoms with Gasteiger partial charge < -0.3 is 5.32 Å². The van der Waals surface area contributed by atoms with Crippen molar-refractivity contribution < 1.29 is 0 Å². The van der Waals surface area contributed by atoms with E-state index in [0.29, 0.717) is 11.1 Å². The minimum absolute atomic E-state index is 0.606. The maximum Gasteiger partial charge on any atom is 0.0465 e. The minimum atomic E-state index is 0.606. The van der Waals surface area contributed by atoms with Gasteiger partial charge >= 0.3 is 0 Å². The summed E-state index contributed by atoms with van der Waals surface area (Å²) in [5, 5.41) is 4.98. The molecule has 0 radical (unpaired) electrons. The van der Waals surface area contributed by atoms with E-state index in [1.165, 1.54) is 6.42 Å². The fourth-order valence-corrected chi connectivity index (χ4v) is 2.67. The van der Waals surface area contributed by atoms with Gasteiger partial charge in [0.15, 0.2) is 0 Å². The van der Waals surface area contributed by atoms with Gasteiger partial charge in [-0.15, -0.1) is 0 Å². The van der Waals surface area contributed by atoms with Gasteiger partial charge in [-0.05, 0) is 24.1 Å². The van der Waals surface area contributed by atoms with Crippen LogP contribution >= 0.6 is 23.2 Å². The molecular formula is C13H18Cl2N2. The van der Waals surface area contributed by atoms with Crippen molar-refractivity contribution in [2.24, 2.45) is 0 Å². The summed E-state index contributed by atoms with van der Waals surface area (Å²) < 4.78 is 0. The van der Waals surface area contributed by atoms with E-state index in [-0.39, 0.29) is 0 Å². The molecule has 2 rings (SSSR count). The average Bonchev–Trinajstić information content (AvgIpc) is 2.33. The van der Waals surface area contributed by atoms with Crippen LogP contribution in [0.4, 0.5) is 0 Å². The molecule has 0 bridgehead atoms. The topological polar surface area (TPSA) is 15.3 Å². The molecule has 1 heterocycles. The first kappa shape index (κ1) is 13.2. The zero-order valence-corrected chi connectivity index (χ0v) is 11.6. The summed E-state index contributed by atoms with van der Waals surface area (Å²) in [6.07, 6.45) is 1.17. The Morgan fingerprint density at radius 2 is 2.24 bits per heavy atom. The number of rotatable bonds is 3. The fourth-order valence-electron chi connectivity index (χ4n) is 2.20. The van der Waals surface area contributed by atoms with Crippen molar-refractivity contribution in [2.45, 2.75) is 25.9 Å². The molecule has 0 aromatic heterocycles. The first-order valence-electron chi connectivity index (χ1n) is 6.08. The maximum atomic E-state index is 6.19. The van der Waals surface area contributed by atoms with Crippen molar-refractivity contribution in [1.82, 2.24) is 10.2 Å². The highest BCUT2D eigenvalue weighted by Crippen LogP contribution is 2.22. The Bertz CT molecular complexity index is 382. The molecule has 1 unspecified atom stereocenters. The molecule has 0 amide bonds. The van der Waals surface area contributed by atoms with Crippen LogP contribution in [0.2, 0.25) is 10.0 Å². The number of nitrogens with one attached hydrogen (secondary N) is 1. The second-order valence-corrected chi connectivity index (χ2v) is 5.37. The maximum absolute atomic E-state index is 6.19. The van der Waals surface area contributed by atoms with E-state index in [1.807, 2.05) is 18.2 Å². The summed E-state index contributed by atoms with van der Waals surface area (Å²) in [5.74, 6) is 0. The standard InChI is InChI=1S/C13H18Cl2N2/c1-2-12-9-17(6-5-16-12)8-10-3-4-11(14)7-13(10)15/h3-4,7,12,16H,2,5-6,8-9H2,1H3. The summed E-state index contributed by atoms with van der Waals surface area (Å²) in [5.41, 5.74) is 1.16. The first-order chi connectivity index (χ1) is 8.19. The van der Waals surface area contributed by atoms with Crippen LogP contribution in [0, 0.1) is 0 Å². The Labute approximate surface area is 113 Å². The smallest absolute Gasteiger partial charge is 0.0465 e. The number of nitrogens with zero attached hydrogens (tertiary/aromatic N) is 1. The molecule has 94 valence electrons. The highest BCUT2D eigenvalue weighted by atomic mass is 35.5. The summed E-state index contributed by atoms with van der Waals surface area (Å²) >= 11 is 12.1. The van der Waals surface area contributed by atoms with E-state index in [9.17, 15) is 0 Å². The van der Waals surface area contributed by atoms with Gasteiger partial charge in [0.1, 0.15) is 0 Å². The Balaban J connectivity index is 2.00. The molecule has 1 fully saturated rings. The molecule has 1 aliphatic rings. The Morgan fingerprint density at radius 3 is 2.94 bits per heavy atom. The second-order valence-electron chi connectivity index (χ2n) is 4.53. The van der Waals surface area contributed by atoms with Gasteiger partial charge in [-0.3, -0.25) is 4.90 Å². The third kappa shape index (κ3) is 3.59. The number of piperazine rings is 1. The van der Waals surface area contributed by atoms with Crippen LogP contribution in [-0.2, 0) is 6.54 Å². The van der Waals surface area contributed by atoms with E-state index < -0.39 is 0 Å². The zero-order valence-electron chi connectivity index (χ0n) is 10.0. The van der Waals surface area contributed by atoms with Gasteiger partial charge in [0.2, 0.25) is 0 Å². The monoisotopic (exact) mass is 272 g/mol. The fraction of sp³-hybridized carbons (Fsp3) is 0.538. The Morgan fingerprint density at radius 1 is 1.41 bits per heavy atom. The molecule has 0 aliphatic carbocycles. The molecule has 4 heteroatoms. The van der Waals surface area contributed by atoms with Gasteiger partial charge in [0.05, 0.1) is 0 Å². The molecular weight excluding hydrogens is 255 g/mol. The van der Waals surface area contributed by atoms with Crippen molar-refractivity contribution >= 4 is 23.2 Å². The van der Waals surface area contributed by atoms with Gasteiger partial charge in [-0.2, -0.15) is 0 Å². The third-order valence-electron chi connectivity index (χ3n) is 3.24. The van der Waals surface area contributed by atoms with Crippen molar-refractivity contribution in [3.63, 3.8) is 0 Å². The number of benzene rings is 1. The number of hydrogen-bond donors (Lipinski definition) is 1. The first-order valence-corrected chi connectivity index (χ1v) is 6.84. The van der Waals surface area contributed by atoms with Gasteiger partial charge in [0, 0.05) is 42.3 Å². The lowest BCUT2D eigenvalue weighted by Gasteiger charge is -2.33. The highest BCUT2D eigenvalue weighted by Gasteiger charge is 2.18. The Hall–Kier alpha value is -0.280. The molecule has 2 nitrogen and oxygen atoms in total. The quantitative estimate of drug-likeness (QED) is 0.910. The average molecular weight is 273 g/mol. The summed E-state index contributed by atoms with van der Waals surface area (Å²) in [7, 11) is 0. The zero-order chi connectivity index (χ0) is 12.3. The molecule has 0 spiro atoms. The predicted octanol–water partition coefficient (Wildman–Crippen LogP) is 3.18. The number of halogens is 2. The Kier molecular flexibility index (Phi) is 4.69. The van der Waals surface area contributed by atoms with Crippen molar-refractivity contribution in [2.75, 3.05) is 19.6 Å². The number of hydrogen-bond acceptors (Lipinski definition) is 2. The van der Waals surface area contributed by atoms with E-state index in [2.05, 4.69) is 17.1 Å². The van der Waals surface area contributed by atoms with Crippen LogP contribution in [0.15, 0.2) is 18.2 Å². The van der Waals surface area contributed by atoms with Crippen LogP contribution in [0.1, 0.15) is 18.9 Å². The molecule has 0 saturated carbocycles. The van der Waals surface area contributed by atoms with Crippen molar-refractivity contribution in [3.05, 3.63) is 33.8 Å². The second kappa shape index (κ2) is 6.05. The summed E-state index contributed by atoms with van der Waals surface area (Å²) in [6, 6.07) is 6.35. The van der Waals surface area contributed by atoms with Crippen LogP contribution in [-0.4, -0.2) is 30.6 Å². The lowest BCUT2D eigenvalue weighted by molar-refractivity contribution is 0.190. The third-order valence-corrected chi connectivity index (χ3v) is 3.83. The van der Waals surface area contributed by atoms with Crippen LogP contribution in [0.25, 0.3) is 0 Å². The molecule has 1 aromatic rings. The lowest BCUT2D eigenvalue weighted by atomic mass is 10.1. The van der Waals surface area contributed by atoms with E-state index in [1.54, 1.807) is 0 Å². The SMILES string of the molecule is CCC1CN(Cc2ccc(Cl)cc2Cl)CCN1. The normalized spacial score (nSPS) is 21.7. The molecule has 1 aliphatic heterocycles. The van der Waals surface area contributed by atoms with Crippen molar-refractivity contribution in [3.8, 4) is 0 Å². The van der Waals surface area contributed by atoms with Gasteiger partial charge in [-0.25, -0.2) is 0 Å². The lowest BCUT2D eigenvalue weighted by Crippen LogP contribution is -2.49. The highest BCUT2D eigenvalue weighted by molar-refractivity contribution is 6.35. The van der Waals surface area contributed by atoms with E-state index in [0.717, 1.165) is 36.8 Å². The van der Waals surface area contributed by atoms with E-state index in [4.69, 9.17) is 23.2 Å². The van der Waals surface area contributed by atoms with Gasteiger partial charge in [-0.1, -0.05) is 36.2 Å². The summed E-state index contributed by atoms with van der Waals surface area (Å²) in [4.78, 5) is 2.44. The molecule has 1 atom stereocenters. The minimum Gasteiger partial charge on any atom is -0.311 e. The largest absolute Gasteiger partial charge is 0.311 e. The van der Waals surface area contributed by atoms with E-state index >= 15 is 0 Å². The summed E-state index contributed by atoms with van der Waals surface area (Å²) in [6.45, 7) is 6.36. The molecule has 1 saturated heterocycles. The van der Waals surface area contributed by atoms with Crippen LogP contribution in [0.5, 0.6) is 0 Å². The molecule has 1 N–H and O–H groups in total. The van der Waals surface area contributed by atoms with Crippen LogP contribution < -0.4 is 5.32 Å². The van der Waals surface area contributed by atoms with Crippen molar-refractivity contribution in [1.29, 1.82) is 0 Å². The molecule has 17 heavy (non-hydrogen) atoms. The van der Waals surface area contributed by atoms with Gasteiger partial charge in [0.25, 0.3) is 0 Å². The molecule has 1 aromatic carbocycles.